The van der Waals surface area contributed by atoms with Crippen molar-refractivity contribution in [2.45, 2.75) is 25.0 Å². The molecule has 10 heteroatoms. The lowest BCUT2D eigenvalue weighted by Gasteiger charge is -2.21. The highest BCUT2D eigenvalue weighted by Gasteiger charge is 2.25. The van der Waals surface area contributed by atoms with Crippen molar-refractivity contribution in [2.75, 3.05) is 11.1 Å². The summed E-state index contributed by atoms with van der Waals surface area (Å²) in [5.41, 5.74) is 1.14. The zero-order chi connectivity index (χ0) is 23.3. The van der Waals surface area contributed by atoms with E-state index in [1.807, 2.05) is 20.9 Å². The molecule has 2 amide bonds. The molecule has 32 heavy (non-hydrogen) atoms. The first-order valence-corrected chi connectivity index (χ1v) is 11.6. The van der Waals surface area contributed by atoms with Crippen LogP contribution in [-0.2, 0) is 11.8 Å². The number of halogens is 2. The fourth-order valence-corrected chi connectivity index (χ4v) is 4.01. The van der Waals surface area contributed by atoms with Gasteiger partial charge in [0, 0.05) is 28.3 Å². The van der Waals surface area contributed by atoms with E-state index in [2.05, 4.69) is 20.8 Å². The summed E-state index contributed by atoms with van der Waals surface area (Å²) < 4.78 is 1.80. The second kappa shape index (κ2) is 10.8. The predicted molar refractivity (Wildman–Crippen MR) is 128 cm³/mol. The van der Waals surface area contributed by atoms with E-state index in [9.17, 15) is 9.59 Å². The highest BCUT2D eigenvalue weighted by molar-refractivity contribution is 7.99. The van der Waals surface area contributed by atoms with E-state index in [4.69, 9.17) is 23.2 Å². The van der Waals surface area contributed by atoms with Gasteiger partial charge >= 0.3 is 0 Å². The maximum absolute atomic E-state index is 12.7. The Kier molecular flexibility index (Phi) is 8.17. The van der Waals surface area contributed by atoms with E-state index >= 15 is 0 Å². The average Bonchev–Trinajstić information content (AvgIpc) is 3.10. The quantitative estimate of drug-likeness (QED) is 0.433. The van der Waals surface area contributed by atoms with Crippen LogP contribution in [0.15, 0.2) is 53.7 Å². The standard InChI is InChI=1S/C22H23Cl2N5O2S/c1-13(2)19(26-21(31)14-7-9-15(23)10-8-14)20-27-28-22(29(20)3)32-12-18(30)25-17-6-4-5-16(24)11-17/h4-11,13,19H,12H2,1-3H3,(H,25,30)(H,26,31)/t19-/m1/s1. The molecule has 0 saturated heterocycles. The molecule has 0 unspecified atom stereocenters. The van der Waals surface area contributed by atoms with E-state index < -0.39 is 0 Å². The molecular weight excluding hydrogens is 469 g/mol. The number of thioether (sulfide) groups is 1. The van der Waals surface area contributed by atoms with Crippen LogP contribution >= 0.6 is 35.0 Å². The van der Waals surface area contributed by atoms with Gasteiger partial charge in [0.1, 0.15) is 0 Å². The summed E-state index contributed by atoms with van der Waals surface area (Å²) in [6.45, 7) is 3.99. The van der Waals surface area contributed by atoms with Gasteiger partial charge in [-0.2, -0.15) is 0 Å². The Labute approximate surface area is 200 Å². The molecule has 0 spiro atoms. The molecule has 2 aromatic carbocycles. The van der Waals surface area contributed by atoms with E-state index in [-0.39, 0.29) is 29.5 Å². The summed E-state index contributed by atoms with van der Waals surface area (Å²) in [7, 11) is 1.82. The van der Waals surface area contributed by atoms with Crippen molar-refractivity contribution >= 4 is 52.5 Å². The number of nitrogens with zero attached hydrogens (tertiary/aromatic N) is 3. The van der Waals surface area contributed by atoms with E-state index in [0.717, 1.165) is 0 Å². The molecule has 0 bridgehead atoms. The highest BCUT2D eigenvalue weighted by atomic mass is 35.5. The van der Waals surface area contributed by atoms with Gasteiger partial charge in [-0.25, -0.2) is 0 Å². The number of hydrogen-bond donors (Lipinski definition) is 2. The number of amides is 2. The van der Waals surface area contributed by atoms with Crippen molar-refractivity contribution in [2.24, 2.45) is 13.0 Å². The summed E-state index contributed by atoms with van der Waals surface area (Å²) in [4.78, 5) is 25.0. The van der Waals surface area contributed by atoms with Crippen molar-refractivity contribution < 1.29 is 9.59 Å². The number of rotatable bonds is 8. The van der Waals surface area contributed by atoms with Gasteiger partial charge in [-0.05, 0) is 48.4 Å². The van der Waals surface area contributed by atoms with Gasteiger partial charge < -0.3 is 15.2 Å². The second-order valence-electron chi connectivity index (χ2n) is 7.45. The van der Waals surface area contributed by atoms with Crippen LogP contribution in [0.25, 0.3) is 0 Å². The van der Waals surface area contributed by atoms with Crippen LogP contribution in [-0.4, -0.2) is 32.3 Å². The minimum Gasteiger partial charge on any atom is -0.342 e. The molecule has 168 valence electrons. The van der Waals surface area contributed by atoms with Gasteiger partial charge in [0.15, 0.2) is 11.0 Å². The van der Waals surface area contributed by atoms with E-state index in [1.54, 1.807) is 53.1 Å². The molecule has 3 aromatic rings. The van der Waals surface area contributed by atoms with Crippen molar-refractivity contribution in [3.8, 4) is 0 Å². The predicted octanol–water partition coefficient (Wildman–Crippen LogP) is 4.98. The molecule has 0 aliphatic carbocycles. The molecule has 0 aliphatic heterocycles. The fraction of sp³-hybridized carbons (Fsp3) is 0.273. The van der Waals surface area contributed by atoms with Crippen molar-refractivity contribution in [1.82, 2.24) is 20.1 Å². The van der Waals surface area contributed by atoms with Crippen LogP contribution in [0.1, 0.15) is 36.1 Å². The number of carbonyl (C=O) groups excluding carboxylic acids is 2. The lowest BCUT2D eigenvalue weighted by Crippen LogP contribution is -2.33. The molecule has 3 rings (SSSR count). The molecule has 1 aromatic heterocycles. The topological polar surface area (TPSA) is 88.9 Å². The van der Waals surface area contributed by atoms with Gasteiger partial charge in [-0.3, -0.25) is 9.59 Å². The largest absolute Gasteiger partial charge is 0.342 e. The first-order valence-electron chi connectivity index (χ1n) is 9.88. The Morgan fingerprint density at radius 3 is 2.44 bits per heavy atom. The normalized spacial score (nSPS) is 11.9. The van der Waals surface area contributed by atoms with E-state index in [0.29, 0.717) is 32.3 Å². The number of hydrogen-bond acceptors (Lipinski definition) is 5. The lowest BCUT2D eigenvalue weighted by molar-refractivity contribution is -0.113. The maximum atomic E-state index is 12.7. The van der Waals surface area contributed by atoms with Crippen molar-refractivity contribution in [1.29, 1.82) is 0 Å². The Bertz CT molecular complexity index is 1100. The van der Waals surface area contributed by atoms with Gasteiger partial charge in [-0.1, -0.05) is 54.9 Å². The first-order chi connectivity index (χ1) is 15.2. The number of aromatic nitrogens is 3. The van der Waals surface area contributed by atoms with Crippen LogP contribution < -0.4 is 10.6 Å². The Morgan fingerprint density at radius 1 is 1.06 bits per heavy atom. The van der Waals surface area contributed by atoms with E-state index in [1.165, 1.54) is 11.8 Å². The fourth-order valence-electron chi connectivity index (χ4n) is 2.97. The Balaban J connectivity index is 1.66. The second-order valence-corrected chi connectivity index (χ2v) is 9.26. The summed E-state index contributed by atoms with van der Waals surface area (Å²) in [5.74, 6) is 0.428. The number of anilines is 1. The monoisotopic (exact) mass is 491 g/mol. The van der Waals surface area contributed by atoms with Gasteiger partial charge in [0.05, 0.1) is 11.8 Å². The Hall–Kier alpha value is -2.55. The number of carbonyl (C=O) groups is 2. The maximum Gasteiger partial charge on any atom is 0.251 e. The van der Waals surface area contributed by atoms with Crippen LogP contribution in [0.4, 0.5) is 5.69 Å². The smallest absolute Gasteiger partial charge is 0.251 e. The van der Waals surface area contributed by atoms with Crippen LogP contribution in [0.2, 0.25) is 10.0 Å². The summed E-state index contributed by atoms with van der Waals surface area (Å²) in [6.07, 6.45) is 0. The van der Waals surface area contributed by atoms with Gasteiger partial charge in [0.25, 0.3) is 5.91 Å². The molecule has 7 nitrogen and oxygen atoms in total. The zero-order valence-electron chi connectivity index (χ0n) is 17.8. The summed E-state index contributed by atoms with van der Waals surface area (Å²) in [5, 5.41) is 16.0. The average molecular weight is 492 g/mol. The third-order valence-corrected chi connectivity index (χ3v) is 6.15. The minimum atomic E-state index is -0.356. The molecule has 1 atom stereocenters. The summed E-state index contributed by atoms with van der Waals surface area (Å²) in [6, 6.07) is 13.3. The van der Waals surface area contributed by atoms with Crippen molar-refractivity contribution in [3.63, 3.8) is 0 Å². The zero-order valence-corrected chi connectivity index (χ0v) is 20.1. The van der Waals surface area contributed by atoms with Crippen molar-refractivity contribution in [3.05, 3.63) is 70.0 Å². The molecule has 2 N–H and O–H groups in total. The molecule has 0 fully saturated rings. The van der Waals surface area contributed by atoms with Crippen LogP contribution in [0.3, 0.4) is 0 Å². The number of benzene rings is 2. The molecule has 0 saturated carbocycles. The third-order valence-electron chi connectivity index (χ3n) is 4.65. The van der Waals surface area contributed by atoms with Gasteiger partial charge in [0.2, 0.25) is 5.91 Å². The summed E-state index contributed by atoms with van der Waals surface area (Å²) >= 11 is 13.1. The first kappa shape index (κ1) is 24.1. The number of nitrogens with one attached hydrogen (secondary N) is 2. The molecular formula is C22H23Cl2N5O2S. The van der Waals surface area contributed by atoms with Crippen LogP contribution in [0.5, 0.6) is 0 Å². The Morgan fingerprint density at radius 2 is 1.78 bits per heavy atom. The third kappa shape index (κ3) is 6.25. The molecule has 1 heterocycles. The SMILES string of the molecule is CC(C)[C@@H](NC(=O)c1ccc(Cl)cc1)c1nnc(SCC(=O)Nc2cccc(Cl)c2)n1C. The van der Waals surface area contributed by atoms with Gasteiger partial charge in [-0.15, -0.1) is 10.2 Å². The lowest BCUT2D eigenvalue weighted by atomic mass is 10.0. The molecule has 0 aliphatic rings. The minimum absolute atomic E-state index is 0.0677. The molecule has 0 radical (unpaired) electrons. The van der Waals surface area contributed by atoms with Crippen LogP contribution in [0, 0.1) is 5.92 Å². The highest BCUT2D eigenvalue weighted by Crippen LogP contribution is 2.25.